The number of halogens is 2. The number of hydrazine groups is 1. The molecule has 1 saturated heterocycles. The SMILES string of the molecule is C[C@@]1(c2cccc(Br)c2)NC(=S)N(c2ccc(Br)cc2)N1. The van der Waals surface area contributed by atoms with Gasteiger partial charge in [0, 0.05) is 8.95 Å². The van der Waals surface area contributed by atoms with Crippen LogP contribution in [0.1, 0.15) is 12.5 Å². The molecule has 2 aromatic carbocycles. The van der Waals surface area contributed by atoms with Crippen molar-refractivity contribution in [2.45, 2.75) is 12.6 Å². The topological polar surface area (TPSA) is 27.3 Å². The van der Waals surface area contributed by atoms with E-state index < -0.39 is 5.66 Å². The lowest BCUT2D eigenvalue weighted by molar-refractivity contribution is 0.389. The van der Waals surface area contributed by atoms with Crippen LogP contribution in [-0.4, -0.2) is 5.11 Å². The van der Waals surface area contributed by atoms with Gasteiger partial charge in [0.05, 0.1) is 5.69 Å². The van der Waals surface area contributed by atoms with Crippen molar-refractivity contribution < 1.29 is 0 Å². The van der Waals surface area contributed by atoms with Gasteiger partial charge in [-0.15, -0.1) is 0 Å². The summed E-state index contributed by atoms with van der Waals surface area (Å²) < 4.78 is 2.08. The van der Waals surface area contributed by atoms with E-state index in [1.54, 1.807) is 0 Å². The van der Waals surface area contributed by atoms with Crippen LogP contribution >= 0.6 is 44.1 Å². The Balaban J connectivity index is 1.92. The van der Waals surface area contributed by atoms with Crippen molar-refractivity contribution in [1.29, 1.82) is 0 Å². The molecule has 108 valence electrons. The first kappa shape index (κ1) is 15.0. The third-order valence-corrected chi connectivity index (χ3v) is 4.69. The van der Waals surface area contributed by atoms with Crippen LogP contribution in [0.2, 0.25) is 0 Å². The van der Waals surface area contributed by atoms with Gasteiger partial charge in [0.1, 0.15) is 5.66 Å². The summed E-state index contributed by atoms with van der Waals surface area (Å²) in [6, 6.07) is 16.2. The van der Waals surface area contributed by atoms with Crippen molar-refractivity contribution in [3.8, 4) is 0 Å². The predicted octanol–water partition coefficient (Wildman–Crippen LogP) is 4.28. The summed E-state index contributed by atoms with van der Waals surface area (Å²) in [5.74, 6) is 0. The van der Waals surface area contributed by atoms with Gasteiger partial charge in [-0.3, -0.25) is 0 Å². The number of hydrogen-bond acceptors (Lipinski definition) is 2. The zero-order chi connectivity index (χ0) is 15.0. The minimum absolute atomic E-state index is 0.437. The van der Waals surface area contributed by atoms with Crippen LogP contribution in [0.4, 0.5) is 5.69 Å². The molecule has 2 N–H and O–H groups in total. The van der Waals surface area contributed by atoms with E-state index in [1.165, 1.54) is 0 Å². The average molecular weight is 427 g/mol. The summed E-state index contributed by atoms with van der Waals surface area (Å²) >= 11 is 12.4. The lowest BCUT2D eigenvalue weighted by atomic mass is 10.0. The normalized spacial score (nSPS) is 21.5. The monoisotopic (exact) mass is 425 g/mol. The second kappa shape index (κ2) is 5.68. The van der Waals surface area contributed by atoms with E-state index >= 15 is 0 Å². The minimum Gasteiger partial charge on any atom is -0.338 e. The molecule has 0 amide bonds. The first-order valence-corrected chi connectivity index (χ1v) is 8.39. The molecule has 0 saturated carbocycles. The van der Waals surface area contributed by atoms with E-state index in [0.29, 0.717) is 5.11 Å². The fraction of sp³-hybridized carbons (Fsp3) is 0.133. The summed E-state index contributed by atoms with van der Waals surface area (Å²) in [7, 11) is 0. The van der Waals surface area contributed by atoms with E-state index in [9.17, 15) is 0 Å². The van der Waals surface area contributed by atoms with Crippen molar-refractivity contribution in [3.05, 3.63) is 63.0 Å². The number of benzene rings is 2. The molecule has 6 heteroatoms. The van der Waals surface area contributed by atoms with Gasteiger partial charge in [-0.2, -0.15) is 5.43 Å². The summed E-state index contributed by atoms with van der Waals surface area (Å²) in [6.45, 7) is 2.07. The van der Waals surface area contributed by atoms with Crippen LogP contribution < -0.4 is 15.8 Å². The van der Waals surface area contributed by atoms with Gasteiger partial charge in [0.25, 0.3) is 0 Å². The number of nitrogens with zero attached hydrogens (tertiary/aromatic N) is 1. The molecule has 3 rings (SSSR count). The molecule has 0 bridgehead atoms. The molecule has 1 fully saturated rings. The Morgan fingerprint density at radius 1 is 1.05 bits per heavy atom. The number of rotatable bonds is 2. The largest absolute Gasteiger partial charge is 0.338 e. The standard InChI is InChI=1S/C15H13Br2N3S/c1-15(10-3-2-4-12(17)9-10)18-14(21)20(19-15)13-7-5-11(16)6-8-13/h2-9,19H,1H3,(H,18,21)/t15-/m1/s1. The van der Waals surface area contributed by atoms with Gasteiger partial charge in [0.15, 0.2) is 5.11 Å². The van der Waals surface area contributed by atoms with Crippen LogP contribution in [0.5, 0.6) is 0 Å². The molecule has 1 aliphatic heterocycles. The molecule has 1 aliphatic rings. The third-order valence-electron chi connectivity index (χ3n) is 3.38. The van der Waals surface area contributed by atoms with E-state index in [2.05, 4.69) is 61.7 Å². The molecule has 2 aromatic rings. The maximum atomic E-state index is 5.47. The molecule has 3 nitrogen and oxygen atoms in total. The van der Waals surface area contributed by atoms with Crippen molar-refractivity contribution in [1.82, 2.24) is 10.7 Å². The quantitative estimate of drug-likeness (QED) is 0.700. The summed E-state index contributed by atoms with van der Waals surface area (Å²) in [5.41, 5.74) is 5.11. The first-order chi connectivity index (χ1) is 9.98. The summed E-state index contributed by atoms with van der Waals surface area (Å²) in [5, 5.41) is 5.89. The number of hydrogen-bond donors (Lipinski definition) is 2. The van der Waals surface area contributed by atoms with Gasteiger partial charge in [-0.05, 0) is 61.1 Å². The number of thiocarbonyl (C=S) groups is 1. The smallest absolute Gasteiger partial charge is 0.190 e. The molecule has 0 spiro atoms. The van der Waals surface area contributed by atoms with E-state index in [4.69, 9.17) is 12.2 Å². The van der Waals surface area contributed by atoms with E-state index in [1.807, 2.05) is 41.4 Å². The molecule has 1 atom stereocenters. The Hall–Kier alpha value is -0.950. The molecule has 1 heterocycles. The lowest BCUT2D eigenvalue weighted by Gasteiger charge is -2.26. The van der Waals surface area contributed by atoms with Crippen LogP contribution in [0, 0.1) is 0 Å². The van der Waals surface area contributed by atoms with Crippen LogP contribution in [0.25, 0.3) is 0 Å². The van der Waals surface area contributed by atoms with Gasteiger partial charge in [-0.25, -0.2) is 5.01 Å². The van der Waals surface area contributed by atoms with Gasteiger partial charge in [0.2, 0.25) is 0 Å². The molecular weight excluding hydrogens is 414 g/mol. The van der Waals surface area contributed by atoms with E-state index in [0.717, 1.165) is 20.2 Å². The van der Waals surface area contributed by atoms with Crippen molar-refractivity contribution in [3.63, 3.8) is 0 Å². The Labute approximate surface area is 146 Å². The maximum absolute atomic E-state index is 5.47. The highest BCUT2D eigenvalue weighted by molar-refractivity contribution is 9.10. The Bertz CT molecular complexity index is 690. The van der Waals surface area contributed by atoms with Crippen molar-refractivity contribution >= 4 is 54.9 Å². The fourth-order valence-corrected chi connectivity index (χ4v) is 3.30. The minimum atomic E-state index is -0.437. The zero-order valence-electron chi connectivity index (χ0n) is 11.2. The molecule has 0 aliphatic carbocycles. The fourth-order valence-electron chi connectivity index (χ4n) is 2.28. The molecule has 21 heavy (non-hydrogen) atoms. The van der Waals surface area contributed by atoms with Crippen LogP contribution in [-0.2, 0) is 5.66 Å². The first-order valence-electron chi connectivity index (χ1n) is 6.40. The molecule has 0 unspecified atom stereocenters. The highest BCUT2D eigenvalue weighted by atomic mass is 79.9. The number of anilines is 1. The summed E-state index contributed by atoms with van der Waals surface area (Å²) in [6.07, 6.45) is 0. The second-order valence-corrected chi connectivity index (χ2v) is 7.21. The zero-order valence-corrected chi connectivity index (χ0v) is 15.2. The molecular formula is C15H13Br2N3S. The van der Waals surface area contributed by atoms with Gasteiger partial charge in [-0.1, -0.05) is 44.0 Å². The highest BCUT2D eigenvalue weighted by Crippen LogP contribution is 2.28. The van der Waals surface area contributed by atoms with Crippen LogP contribution in [0.15, 0.2) is 57.5 Å². The Morgan fingerprint density at radius 3 is 2.43 bits per heavy atom. The number of nitrogens with one attached hydrogen (secondary N) is 2. The Morgan fingerprint density at radius 2 is 1.76 bits per heavy atom. The van der Waals surface area contributed by atoms with Crippen molar-refractivity contribution in [2.75, 3.05) is 5.01 Å². The van der Waals surface area contributed by atoms with Crippen molar-refractivity contribution in [2.24, 2.45) is 0 Å². The third kappa shape index (κ3) is 2.99. The molecule has 0 aromatic heterocycles. The maximum Gasteiger partial charge on any atom is 0.190 e. The molecule has 0 radical (unpaired) electrons. The van der Waals surface area contributed by atoms with Crippen LogP contribution in [0.3, 0.4) is 0 Å². The van der Waals surface area contributed by atoms with Gasteiger partial charge < -0.3 is 5.32 Å². The average Bonchev–Trinajstić information content (AvgIpc) is 2.76. The second-order valence-electron chi connectivity index (χ2n) is 4.99. The van der Waals surface area contributed by atoms with E-state index in [-0.39, 0.29) is 0 Å². The summed E-state index contributed by atoms with van der Waals surface area (Å²) in [4.78, 5) is 0. The Kier molecular flexibility index (Phi) is 4.05. The van der Waals surface area contributed by atoms with Gasteiger partial charge >= 0.3 is 0 Å². The predicted molar refractivity (Wildman–Crippen MR) is 97.0 cm³/mol. The lowest BCUT2D eigenvalue weighted by Crippen LogP contribution is -2.45. The highest BCUT2D eigenvalue weighted by Gasteiger charge is 2.38.